The lowest BCUT2D eigenvalue weighted by Gasteiger charge is -2.21. The highest BCUT2D eigenvalue weighted by Gasteiger charge is 2.36. The highest BCUT2D eigenvalue weighted by molar-refractivity contribution is 7.16. The summed E-state index contributed by atoms with van der Waals surface area (Å²) < 4.78 is 3.66. The first-order chi connectivity index (χ1) is 17.1. The number of benzene rings is 5. The van der Waals surface area contributed by atoms with Gasteiger partial charge in [0.15, 0.2) is 0 Å². The van der Waals surface area contributed by atoms with Crippen molar-refractivity contribution in [2.24, 2.45) is 0 Å². The van der Waals surface area contributed by atoms with E-state index in [1.54, 1.807) is 11.3 Å². The van der Waals surface area contributed by atoms with E-state index >= 15 is 0 Å². The molecular weight excluding hydrogens is 444 g/mol. The Morgan fingerprint density at radius 1 is 0.686 bits per heavy atom. The zero-order valence-corrected chi connectivity index (χ0v) is 20.4. The zero-order valence-electron chi connectivity index (χ0n) is 19.5. The highest BCUT2D eigenvalue weighted by atomic mass is 32.1. The van der Waals surface area contributed by atoms with E-state index in [-0.39, 0.29) is 5.41 Å². The molecule has 0 aliphatic heterocycles. The lowest BCUT2D eigenvalue weighted by molar-refractivity contribution is 0.661. The van der Waals surface area contributed by atoms with E-state index in [9.17, 15) is 0 Å². The van der Waals surface area contributed by atoms with Gasteiger partial charge < -0.3 is 4.57 Å². The summed E-state index contributed by atoms with van der Waals surface area (Å²) in [6.45, 7) is 4.71. The predicted octanol–water partition coefficient (Wildman–Crippen LogP) is 8.85. The second kappa shape index (κ2) is 6.59. The molecule has 0 saturated heterocycles. The molecule has 35 heavy (non-hydrogen) atoms. The van der Waals surface area contributed by atoms with Crippen LogP contribution in [0.5, 0.6) is 0 Å². The van der Waals surface area contributed by atoms with Gasteiger partial charge in [-0.2, -0.15) is 0 Å². The number of rotatable bonds is 1. The molecule has 7 aromatic rings. The molecule has 0 spiro atoms. The van der Waals surface area contributed by atoms with Crippen molar-refractivity contribution in [3.8, 4) is 16.8 Å². The molecule has 3 heteroatoms. The smallest absolute Gasteiger partial charge is 0.0813 e. The van der Waals surface area contributed by atoms with Crippen LogP contribution in [0.1, 0.15) is 25.0 Å². The Hall–Kier alpha value is -3.95. The fourth-order valence-electron chi connectivity index (χ4n) is 6.16. The summed E-state index contributed by atoms with van der Waals surface area (Å²) in [5, 5.41) is 5.16. The van der Waals surface area contributed by atoms with E-state index in [2.05, 4.69) is 114 Å². The molecule has 5 aromatic carbocycles. The maximum atomic E-state index is 4.50. The van der Waals surface area contributed by atoms with Crippen molar-refractivity contribution in [2.45, 2.75) is 19.3 Å². The van der Waals surface area contributed by atoms with Crippen LogP contribution >= 0.6 is 11.3 Å². The number of fused-ring (bicyclic) bond motifs is 8. The molecule has 0 amide bonds. The molecular formula is C32H22N2S. The second-order valence-corrected chi connectivity index (χ2v) is 11.0. The standard InChI is InChI=1S/C32H22N2S/c1-32(2)26-10-6-5-9-22(26)23-17-30-25(16-27(23)32)24-13-19-7-3-4-8-20(19)14-29(24)34(30)21-11-12-28-31(15-21)35-18-33-28/h3-18H,1-2H3. The van der Waals surface area contributed by atoms with Crippen LogP contribution in [-0.2, 0) is 5.41 Å². The Morgan fingerprint density at radius 2 is 1.43 bits per heavy atom. The molecule has 0 radical (unpaired) electrons. The average molecular weight is 467 g/mol. The first-order valence-electron chi connectivity index (χ1n) is 12.0. The highest BCUT2D eigenvalue weighted by Crippen LogP contribution is 2.51. The van der Waals surface area contributed by atoms with Crippen LogP contribution in [0.2, 0.25) is 0 Å². The molecule has 0 unspecified atom stereocenters. The summed E-state index contributed by atoms with van der Waals surface area (Å²) in [5.41, 5.74) is 12.2. The quantitative estimate of drug-likeness (QED) is 0.236. The first kappa shape index (κ1) is 19.4. The maximum Gasteiger partial charge on any atom is 0.0813 e. The van der Waals surface area contributed by atoms with Gasteiger partial charge in [0.05, 0.1) is 26.8 Å². The van der Waals surface area contributed by atoms with Crippen LogP contribution in [0.4, 0.5) is 0 Å². The lowest BCUT2D eigenvalue weighted by Crippen LogP contribution is -2.14. The summed E-state index contributed by atoms with van der Waals surface area (Å²) in [5.74, 6) is 0. The van der Waals surface area contributed by atoms with Crippen molar-refractivity contribution in [3.05, 3.63) is 108 Å². The van der Waals surface area contributed by atoms with E-state index in [1.807, 2.05) is 5.51 Å². The predicted molar refractivity (Wildman–Crippen MR) is 149 cm³/mol. The largest absolute Gasteiger partial charge is 0.309 e. The summed E-state index contributed by atoms with van der Waals surface area (Å²) in [7, 11) is 0. The Morgan fingerprint density at radius 3 is 2.31 bits per heavy atom. The van der Waals surface area contributed by atoms with Crippen LogP contribution in [0.15, 0.2) is 96.5 Å². The van der Waals surface area contributed by atoms with Crippen molar-refractivity contribution in [2.75, 3.05) is 0 Å². The fraction of sp³-hybridized carbons (Fsp3) is 0.0938. The molecule has 0 saturated carbocycles. The average Bonchev–Trinajstić information content (AvgIpc) is 3.53. The number of nitrogens with zero attached hydrogens (tertiary/aromatic N) is 2. The molecule has 2 nitrogen and oxygen atoms in total. The van der Waals surface area contributed by atoms with Crippen LogP contribution < -0.4 is 0 Å². The van der Waals surface area contributed by atoms with Gasteiger partial charge in [-0.15, -0.1) is 11.3 Å². The van der Waals surface area contributed by atoms with Crippen molar-refractivity contribution < 1.29 is 0 Å². The molecule has 0 fully saturated rings. The summed E-state index contributed by atoms with van der Waals surface area (Å²) >= 11 is 1.70. The van der Waals surface area contributed by atoms with Gasteiger partial charge in [-0.25, -0.2) is 4.98 Å². The van der Waals surface area contributed by atoms with Gasteiger partial charge in [0.25, 0.3) is 0 Å². The third-order valence-electron chi connectivity index (χ3n) is 7.91. The second-order valence-electron chi connectivity index (χ2n) is 10.1. The van der Waals surface area contributed by atoms with E-state index in [4.69, 9.17) is 0 Å². The summed E-state index contributed by atoms with van der Waals surface area (Å²) in [6.07, 6.45) is 0. The molecule has 0 N–H and O–H groups in total. The van der Waals surface area contributed by atoms with E-state index in [1.165, 1.54) is 65.2 Å². The topological polar surface area (TPSA) is 17.8 Å². The van der Waals surface area contributed by atoms with Crippen LogP contribution in [0.25, 0.3) is 59.6 Å². The minimum atomic E-state index is -0.0209. The molecule has 166 valence electrons. The third kappa shape index (κ3) is 2.51. The molecule has 1 aliphatic rings. The van der Waals surface area contributed by atoms with Gasteiger partial charge in [0.1, 0.15) is 0 Å². The van der Waals surface area contributed by atoms with Crippen LogP contribution in [-0.4, -0.2) is 9.55 Å². The molecule has 0 atom stereocenters. The first-order valence-corrected chi connectivity index (χ1v) is 12.9. The van der Waals surface area contributed by atoms with Crippen molar-refractivity contribution in [1.82, 2.24) is 9.55 Å². The van der Waals surface area contributed by atoms with Gasteiger partial charge >= 0.3 is 0 Å². The molecule has 0 bridgehead atoms. The SMILES string of the molecule is CC1(C)c2ccccc2-c2cc3c(cc21)c1cc2ccccc2cc1n3-c1ccc2ncsc2c1. The Balaban J connectivity index is 1.56. The van der Waals surface area contributed by atoms with E-state index in [0.717, 1.165) is 5.52 Å². The molecule has 2 heterocycles. The normalized spacial score (nSPS) is 14.2. The number of hydrogen-bond donors (Lipinski definition) is 0. The molecule has 8 rings (SSSR count). The number of hydrogen-bond acceptors (Lipinski definition) is 2. The summed E-state index contributed by atoms with van der Waals surface area (Å²) in [6, 6.07) is 33.8. The van der Waals surface area contributed by atoms with Crippen molar-refractivity contribution in [3.63, 3.8) is 0 Å². The Kier molecular flexibility index (Phi) is 3.64. The fourth-order valence-corrected chi connectivity index (χ4v) is 6.87. The maximum absolute atomic E-state index is 4.50. The van der Waals surface area contributed by atoms with E-state index < -0.39 is 0 Å². The minimum Gasteiger partial charge on any atom is -0.309 e. The van der Waals surface area contributed by atoms with Gasteiger partial charge in [-0.05, 0) is 75.5 Å². The molecule has 1 aliphatic carbocycles. The monoisotopic (exact) mass is 466 g/mol. The number of aromatic nitrogens is 2. The van der Waals surface area contributed by atoms with Gasteiger partial charge in [-0.1, -0.05) is 62.4 Å². The number of thiazole rings is 1. The lowest BCUT2D eigenvalue weighted by atomic mass is 9.82. The Bertz CT molecular complexity index is 1990. The Labute approximate surface area is 207 Å². The van der Waals surface area contributed by atoms with Gasteiger partial charge in [0, 0.05) is 21.9 Å². The van der Waals surface area contributed by atoms with E-state index in [0.29, 0.717) is 0 Å². The minimum absolute atomic E-state index is 0.0209. The van der Waals surface area contributed by atoms with Crippen LogP contribution in [0.3, 0.4) is 0 Å². The van der Waals surface area contributed by atoms with Gasteiger partial charge in [-0.3, -0.25) is 0 Å². The van der Waals surface area contributed by atoms with Crippen molar-refractivity contribution in [1.29, 1.82) is 0 Å². The van der Waals surface area contributed by atoms with Crippen LogP contribution in [0, 0.1) is 0 Å². The van der Waals surface area contributed by atoms with Gasteiger partial charge in [0.2, 0.25) is 0 Å². The summed E-state index contributed by atoms with van der Waals surface area (Å²) in [4.78, 5) is 4.50. The third-order valence-corrected chi connectivity index (χ3v) is 8.70. The van der Waals surface area contributed by atoms with Crippen molar-refractivity contribution >= 4 is 54.1 Å². The molecule has 2 aromatic heterocycles. The zero-order chi connectivity index (χ0) is 23.3.